The van der Waals surface area contributed by atoms with Gasteiger partial charge in [-0.15, -0.1) is 0 Å². The summed E-state index contributed by atoms with van der Waals surface area (Å²) in [6.45, 7) is 1.40. The number of aryl methyl sites for hydroxylation is 1. The van der Waals surface area contributed by atoms with Crippen LogP contribution in [0.2, 0.25) is 0 Å². The molecular formula is C24H22F9NO2. The number of nitrogens with zero attached hydrogens (tertiary/aromatic N) is 1. The van der Waals surface area contributed by atoms with Crippen LogP contribution < -0.4 is 0 Å². The summed E-state index contributed by atoms with van der Waals surface area (Å²) in [6.07, 6.45) is -15.0. The summed E-state index contributed by atoms with van der Waals surface area (Å²) in [4.78, 5) is 12.7. The maximum absolute atomic E-state index is 13.9. The van der Waals surface area contributed by atoms with E-state index in [4.69, 9.17) is 5.11 Å². The lowest BCUT2D eigenvalue weighted by Gasteiger charge is -2.41. The molecule has 0 spiro atoms. The molecule has 0 aromatic heterocycles. The number of carboxylic acids is 1. The lowest BCUT2D eigenvalue weighted by atomic mass is 9.83. The van der Waals surface area contributed by atoms with E-state index in [1.807, 2.05) is 0 Å². The number of likely N-dealkylation sites (tertiary alicyclic amines) is 1. The highest BCUT2D eigenvalue weighted by Crippen LogP contribution is 2.44. The maximum atomic E-state index is 13.9. The van der Waals surface area contributed by atoms with Crippen LogP contribution in [0.25, 0.3) is 0 Å². The molecule has 3 nitrogen and oxygen atoms in total. The third-order valence-electron chi connectivity index (χ3n) is 6.38. The Hall–Kier alpha value is -2.76. The van der Waals surface area contributed by atoms with Crippen molar-refractivity contribution in [3.8, 4) is 0 Å². The summed E-state index contributed by atoms with van der Waals surface area (Å²) < 4.78 is 121. The van der Waals surface area contributed by atoms with E-state index in [-0.39, 0.29) is 44.0 Å². The molecule has 1 saturated heterocycles. The Balaban J connectivity index is 2.08. The Morgan fingerprint density at radius 3 is 2.06 bits per heavy atom. The number of carboxylic acid groups (broad SMARTS) is 1. The molecule has 0 amide bonds. The van der Waals surface area contributed by atoms with Crippen LogP contribution >= 0.6 is 0 Å². The van der Waals surface area contributed by atoms with Gasteiger partial charge in [0.05, 0.1) is 16.7 Å². The van der Waals surface area contributed by atoms with Crippen molar-refractivity contribution in [2.24, 2.45) is 5.92 Å². The summed E-state index contributed by atoms with van der Waals surface area (Å²) in [5.41, 5.74) is -3.76. The molecule has 0 radical (unpaired) electrons. The highest BCUT2D eigenvalue weighted by Gasteiger charge is 2.42. The number of rotatable bonds is 5. The van der Waals surface area contributed by atoms with E-state index in [2.05, 4.69) is 0 Å². The molecule has 36 heavy (non-hydrogen) atoms. The second-order valence-electron chi connectivity index (χ2n) is 8.91. The normalized spacial score (nSPS) is 19.9. The smallest absolute Gasteiger partial charge is 0.416 e. The minimum atomic E-state index is -5.14. The zero-order valence-corrected chi connectivity index (χ0v) is 18.9. The molecule has 0 bridgehead atoms. The van der Waals surface area contributed by atoms with Crippen LogP contribution in [-0.2, 0) is 29.9 Å². The van der Waals surface area contributed by atoms with Crippen molar-refractivity contribution in [3.05, 3.63) is 69.8 Å². The number of hydrogen-bond acceptors (Lipinski definition) is 2. The highest BCUT2D eigenvalue weighted by molar-refractivity contribution is 5.67. The van der Waals surface area contributed by atoms with Crippen LogP contribution in [0.4, 0.5) is 39.5 Å². The molecule has 198 valence electrons. The Kier molecular flexibility index (Phi) is 7.69. The van der Waals surface area contributed by atoms with Crippen molar-refractivity contribution in [1.82, 2.24) is 4.90 Å². The predicted octanol–water partition coefficient (Wildman–Crippen LogP) is 7.48. The van der Waals surface area contributed by atoms with E-state index < -0.39 is 58.7 Å². The molecule has 0 unspecified atom stereocenters. The van der Waals surface area contributed by atoms with Crippen LogP contribution in [0, 0.1) is 12.8 Å². The van der Waals surface area contributed by atoms with Gasteiger partial charge in [0, 0.05) is 19.0 Å². The Bertz CT molecular complexity index is 1110. The summed E-state index contributed by atoms with van der Waals surface area (Å²) in [5.74, 6) is -1.74. The molecule has 2 aromatic carbocycles. The molecule has 2 aromatic rings. The first kappa shape index (κ1) is 27.8. The quantitative estimate of drug-likeness (QED) is 0.410. The average Bonchev–Trinajstić information content (AvgIpc) is 2.73. The van der Waals surface area contributed by atoms with E-state index >= 15 is 0 Å². The number of piperidine rings is 1. The van der Waals surface area contributed by atoms with Gasteiger partial charge in [-0.2, -0.15) is 39.5 Å². The lowest BCUT2D eigenvalue weighted by Crippen LogP contribution is -2.38. The van der Waals surface area contributed by atoms with Crippen LogP contribution in [-0.4, -0.2) is 22.5 Å². The van der Waals surface area contributed by atoms with E-state index in [1.165, 1.54) is 11.0 Å². The largest absolute Gasteiger partial charge is 0.481 e. The Labute approximate surface area is 200 Å². The zero-order chi connectivity index (χ0) is 27.1. The molecule has 1 aliphatic heterocycles. The van der Waals surface area contributed by atoms with Crippen molar-refractivity contribution in [2.75, 3.05) is 6.54 Å². The number of benzene rings is 2. The van der Waals surface area contributed by atoms with Crippen LogP contribution in [0.3, 0.4) is 0 Å². The molecule has 1 fully saturated rings. The first-order chi connectivity index (χ1) is 16.5. The third kappa shape index (κ3) is 6.51. The molecule has 0 saturated carbocycles. The fourth-order valence-electron chi connectivity index (χ4n) is 4.54. The average molecular weight is 527 g/mol. The van der Waals surface area contributed by atoms with E-state index in [1.54, 1.807) is 6.92 Å². The number of aliphatic carboxylic acids is 1. The Morgan fingerprint density at radius 2 is 1.50 bits per heavy atom. The van der Waals surface area contributed by atoms with Gasteiger partial charge in [0.25, 0.3) is 0 Å². The third-order valence-corrected chi connectivity index (χ3v) is 6.38. The van der Waals surface area contributed by atoms with E-state index in [0.717, 1.165) is 18.2 Å². The van der Waals surface area contributed by atoms with Crippen molar-refractivity contribution in [3.63, 3.8) is 0 Å². The summed E-state index contributed by atoms with van der Waals surface area (Å²) in [6, 6.07) is 3.13. The maximum Gasteiger partial charge on any atom is 0.416 e. The topological polar surface area (TPSA) is 40.5 Å². The van der Waals surface area contributed by atoms with E-state index in [9.17, 15) is 44.3 Å². The van der Waals surface area contributed by atoms with Gasteiger partial charge in [0.1, 0.15) is 0 Å². The number of halogens is 9. The summed E-state index contributed by atoms with van der Waals surface area (Å²) >= 11 is 0. The molecule has 1 heterocycles. The number of alkyl halides is 9. The molecule has 1 N–H and O–H groups in total. The minimum absolute atomic E-state index is 0.0177. The fourth-order valence-corrected chi connectivity index (χ4v) is 4.54. The Morgan fingerprint density at radius 1 is 0.917 bits per heavy atom. The molecule has 2 atom stereocenters. The van der Waals surface area contributed by atoms with Crippen molar-refractivity contribution < 1.29 is 49.4 Å². The molecular weight excluding hydrogens is 505 g/mol. The van der Waals surface area contributed by atoms with Gasteiger partial charge >= 0.3 is 24.5 Å². The van der Waals surface area contributed by atoms with Gasteiger partial charge < -0.3 is 5.11 Å². The van der Waals surface area contributed by atoms with Gasteiger partial charge in [-0.1, -0.05) is 12.1 Å². The second kappa shape index (κ2) is 9.95. The summed E-state index contributed by atoms with van der Waals surface area (Å²) in [7, 11) is 0. The lowest BCUT2D eigenvalue weighted by molar-refractivity contribution is -0.145. The second-order valence-corrected chi connectivity index (χ2v) is 8.91. The van der Waals surface area contributed by atoms with Crippen molar-refractivity contribution in [2.45, 2.75) is 57.3 Å². The first-order valence-electron chi connectivity index (χ1n) is 10.9. The van der Waals surface area contributed by atoms with E-state index in [0.29, 0.717) is 11.6 Å². The van der Waals surface area contributed by atoms with Gasteiger partial charge in [-0.25, -0.2) is 0 Å². The van der Waals surface area contributed by atoms with Gasteiger partial charge in [-0.3, -0.25) is 9.69 Å². The van der Waals surface area contributed by atoms with Crippen LogP contribution in [0.5, 0.6) is 0 Å². The van der Waals surface area contributed by atoms with Gasteiger partial charge in [0.15, 0.2) is 0 Å². The number of hydrogen-bond donors (Lipinski definition) is 1. The standard InChI is InChI=1S/C24H22F9NO2/c1-13-2-3-16(22(25,26)27)10-15(13)12-34-7-6-14(9-21(35)36)8-20(34)18-5-4-17(23(28,29)30)11-19(18)24(31,32)33/h2-5,10-11,14,20H,6-9,12H2,1H3,(H,35,36)/t14-,20+/m1/s1. The van der Waals surface area contributed by atoms with Crippen molar-refractivity contribution >= 4 is 5.97 Å². The van der Waals surface area contributed by atoms with Crippen LogP contribution in [0.15, 0.2) is 36.4 Å². The predicted molar refractivity (Wildman–Crippen MR) is 111 cm³/mol. The molecule has 1 aliphatic rings. The first-order valence-corrected chi connectivity index (χ1v) is 10.9. The summed E-state index contributed by atoms with van der Waals surface area (Å²) in [5, 5.41) is 9.15. The molecule has 3 rings (SSSR count). The number of carbonyl (C=O) groups is 1. The van der Waals surface area contributed by atoms with Gasteiger partial charge in [-0.05, 0) is 73.2 Å². The monoisotopic (exact) mass is 527 g/mol. The molecule has 12 heteroatoms. The fraction of sp³-hybridized carbons (Fsp3) is 0.458. The molecule has 0 aliphatic carbocycles. The minimum Gasteiger partial charge on any atom is -0.481 e. The van der Waals surface area contributed by atoms with Crippen LogP contribution in [0.1, 0.15) is 58.7 Å². The zero-order valence-electron chi connectivity index (χ0n) is 18.9. The van der Waals surface area contributed by atoms with Crippen molar-refractivity contribution in [1.29, 1.82) is 0 Å². The van der Waals surface area contributed by atoms with Gasteiger partial charge in [0.2, 0.25) is 0 Å². The SMILES string of the molecule is Cc1ccc(C(F)(F)F)cc1CN1CC[C@@H](CC(=O)O)C[C@H]1c1ccc(C(F)(F)F)cc1C(F)(F)F. The highest BCUT2D eigenvalue weighted by atomic mass is 19.4.